The summed E-state index contributed by atoms with van der Waals surface area (Å²) in [4.78, 5) is 24.3. The van der Waals surface area contributed by atoms with Crippen LogP contribution in [0.3, 0.4) is 0 Å². The van der Waals surface area contributed by atoms with Gasteiger partial charge in [-0.25, -0.2) is 4.79 Å². The standard InChI is InChI=1S/C19H21NO6S/c1-2-13-9-6-10-15(14-7-4-3-5-8-14)17(13)18(21)20-16(19(22)23)11-12-27(24,25)26/h3-10,16H,2,11-12H2,1H3,(H,20,21)(H,22,23)(H,24,25,26)/t16-/m0/s1. The van der Waals surface area contributed by atoms with Crippen LogP contribution in [0.2, 0.25) is 0 Å². The predicted octanol–water partition coefficient (Wildman–Crippen LogP) is 2.38. The third-order valence-electron chi connectivity index (χ3n) is 4.11. The van der Waals surface area contributed by atoms with Crippen molar-refractivity contribution in [3.63, 3.8) is 0 Å². The van der Waals surface area contributed by atoms with Crippen LogP contribution in [0.4, 0.5) is 0 Å². The van der Waals surface area contributed by atoms with Gasteiger partial charge in [0.15, 0.2) is 0 Å². The molecular formula is C19H21NO6S. The zero-order valence-electron chi connectivity index (χ0n) is 14.8. The minimum absolute atomic E-state index is 0.351. The van der Waals surface area contributed by atoms with Crippen LogP contribution >= 0.6 is 0 Å². The fourth-order valence-electron chi connectivity index (χ4n) is 2.78. The van der Waals surface area contributed by atoms with Gasteiger partial charge in [-0.2, -0.15) is 8.42 Å². The first-order chi connectivity index (χ1) is 12.7. The van der Waals surface area contributed by atoms with Gasteiger partial charge in [-0.05, 0) is 29.5 Å². The summed E-state index contributed by atoms with van der Waals surface area (Å²) in [5, 5.41) is 11.7. The van der Waals surface area contributed by atoms with Gasteiger partial charge in [-0.3, -0.25) is 9.35 Å². The molecule has 0 aromatic heterocycles. The number of nitrogens with one attached hydrogen (secondary N) is 1. The van der Waals surface area contributed by atoms with E-state index in [2.05, 4.69) is 5.32 Å². The minimum atomic E-state index is -4.33. The molecule has 1 amide bonds. The number of carboxylic acid groups (broad SMARTS) is 1. The highest BCUT2D eigenvalue weighted by molar-refractivity contribution is 7.85. The maximum absolute atomic E-state index is 12.9. The Bertz CT molecular complexity index is 924. The molecule has 3 N–H and O–H groups in total. The molecule has 27 heavy (non-hydrogen) atoms. The highest BCUT2D eigenvalue weighted by Crippen LogP contribution is 2.27. The molecule has 0 aliphatic heterocycles. The van der Waals surface area contributed by atoms with Crippen LogP contribution in [0, 0.1) is 0 Å². The van der Waals surface area contributed by atoms with Crippen molar-refractivity contribution in [2.45, 2.75) is 25.8 Å². The summed E-state index contributed by atoms with van der Waals surface area (Å²) in [6, 6.07) is 13.2. The summed E-state index contributed by atoms with van der Waals surface area (Å²) in [6.45, 7) is 1.88. The van der Waals surface area contributed by atoms with Crippen molar-refractivity contribution >= 4 is 22.0 Å². The minimum Gasteiger partial charge on any atom is -0.480 e. The third-order valence-corrected chi connectivity index (χ3v) is 4.86. The lowest BCUT2D eigenvalue weighted by Gasteiger charge is -2.18. The van der Waals surface area contributed by atoms with Gasteiger partial charge in [-0.15, -0.1) is 0 Å². The maximum Gasteiger partial charge on any atom is 0.326 e. The van der Waals surface area contributed by atoms with Crippen molar-refractivity contribution in [3.05, 3.63) is 59.7 Å². The Hall–Kier alpha value is -2.71. The van der Waals surface area contributed by atoms with Crippen LogP contribution in [-0.4, -0.2) is 41.7 Å². The second kappa shape index (κ2) is 8.79. The van der Waals surface area contributed by atoms with E-state index in [-0.39, 0.29) is 0 Å². The summed E-state index contributed by atoms with van der Waals surface area (Å²) in [5.41, 5.74) is 2.56. The van der Waals surface area contributed by atoms with Crippen molar-refractivity contribution in [2.75, 3.05) is 5.75 Å². The second-order valence-corrected chi connectivity index (χ2v) is 7.57. The molecule has 0 spiro atoms. The van der Waals surface area contributed by atoms with Crippen LogP contribution in [0.5, 0.6) is 0 Å². The number of amides is 1. The molecule has 144 valence electrons. The third kappa shape index (κ3) is 5.63. The Morgan fingerprint density at radius 3 is 2.30 bits per heavy atom. The lowest BCUT2D eigenvalue weighted by molar-refractivity contribution is -0.139. The van der Waals surface area contributed by atoms with Gasteiger partial charge in [-0.1, -0.05) is 55.5 Å². The molecule has 0 aliphatic rings. The van der Waals surface area contributed by atoms with Crippen LogP contribution < -0.4 is 5.32 Å². The average Bonchev–Trinajstić information content (AvgIpc) is 2.63. The van der Waals surface area contributed by atoms with Gasteiger partial charge in [0.25, 0.3) is 16.0 Å². The summed E-state index contributed by atoms with van der Waals surface area (Å²) >= 11 is 0. The summed E-state index contributed by atoms with van der Waals surface area (Å²) < 4.78 is 30.6. The fraction of sp³-hybridized carbons (Fsp3) is 0.263. The lowest BCUT2D eigenvalue weighted by atomic mass is 9.93. The summed E-state index contributed by atoms with van der Waals surface area (Å²) in [5.74, 6) is -2.73. The first-order valence-corrected chi connectivity index (χ1v) is 10.00. The molecule has 2 aromatic rings. The highest BCUT2D eigenvalue weighted by atomic mass is 32.2. The van der Waals surface area contributed by atoms with Crippen LogP contribution in [-0.2, 0) is 21.3 Å². The number of hydrogen-bond acceptors (Lipinski definition) is 4. The Labute approximate surface area is 157 Å². The molecule has 0 saturated carbocycles. The van der Waals surface area contributed by atoms with Crippen molar-refractivity contribution in [2.24, 2.45) is 0 Å². The van der Waals surface area contributed by atoms with E-state index in [1.807, 2.05) is 43.3 Å². The van der Waals surface area contributed by atoms with Gasteiger partial charge in [0, 0.05) is 0 Å². The topological polar surface area (TPSA) is 121 Å². The molecule has 0 saturated heterocycles. The molecule has 0 bridgehead atoms. The van der Waals surface area contributed by atoms with Gasteiger partial charge >= 0.3 is 5.97 Å². The molecule has 0 heterocycles. The number of hydrogen-bond donors (Lipinski definition) is 3. The van der Waals surface area contributed by atoms with E-state index in [0.29, 0.717) is 17.5 Å². The van der Waals surface area contributed by atoms with E-state index in [1.165, 1.54) is 0 Å². The molecule has 2 aromatic carbocycles. The van der Waals surface area contributed by atoms with E-state index >= 15 is 0 Å². The first kappa shape index (κ1) is 20.6. The van der Waals surface area contributed by atoms with E-state index in [9.17, 15) is 23.1 Å². The largest absolute Gasteiger partial charge is 0.480 e. The van der Waals surface area contributed by atoms with Gasteiger partial charge < -0.3 is 10.4 Å². The predicted molar refractivity (Wildman–Crippen MR) is 101 cm³/mol. The molecule has 0 radical (unpaired) electrons. The zero-order chi connectivity index (χ0) is 20.0. The van der Waals surface area contributed by atoms with Crippen LogP contribution in [0.25, 0.3) is 11.1 Å². The van der Waals surface area contributed by atoms with Gasteiger partial charge in [0.1, 0.15) is 6.04 Å². The normalized spacial score (nSPS) is 12.4. The summed E-state index contributed by atoms with van der Waals surface area (Å²) in [6.07, 6.45) is 0.126. The van der Waals surface area contributed by atoms with Crippen LogP contribution in [0.15, 0.2) is 48.5 Å². The smallest absolute Gasteiger partial charge is 0.326 e. The first-order valence-electron chi connectivity index (χ1n) is 8.39. The van der Waals surface area contributed by atoms with Crippen molar-refractivity contribution in [1.29, 1.82) is 0 Å². The Balaban J connectivity index is 2.38. The van der Waals surface area contributed by atoms with E-state index < -0.39 is 40.2 Å². The number of aryl methyl sites for hydroxylation is 1. The Morgan fingerprint density at radius 1 is 1.07 bits per heavy atom. The molecule has 0 aliphatic carbocycles. The molecular weight excluding hydrogens is 370 g/mol. The second-order valence-electron chi connectivity index (χ2n) is 6.00. The molecule has 2 rings (SSSR count). The van der Waals surface area contributed by atoms with E-state index in [0.717, 1.165) is 11.1 Å². The van der Waals surface area contributed by atoms with Crippen molar-refractivity contribution in [3.8, 4) is 11.1 Å². The number of rotatable bonds is 8. The Kier molecular flexibility index (Phi) is 6.70. The number of carbonyl (C=O) groups is 2. The van der Waals surface area contributed by atoms with Crippen molar-refractivity contribution in [1.82, 2.24) is 5.32 Å². The number of carbonyl (C=O) groups excluding carboxylic acids is 1. The summed E-state index contributed by atoms with van der Waals surface area (Å²) in [7, 11) is -4.33. The van der Waals surface area contributed by atoms with Gasteiger partial charge in [0.05, 0.1) is 11.3 Å². The SMILES string of the molecule is CCc1cccc(-c2ccccc2)c1C(=O)N[C@@H](CCS(=O)(=O)O)C(=O)O. The lowest BCUT2D eigenvalue weighted by Crippen LogP contribution is -2.42. The number of aliphatic carboxylic acids is 1. The number of benzene rings is 2. The van der Waals surface area contributed by atoms with Crippen molar-refractivity contribution < 1.29 is 27.7 Å². The molecule has 0 fully saturated rings. The monoisotopic (exact) mass is 391 g/mol. The maximum atomic E-state index is 12.9. The van der Waals surface area contributed by atoms with Crippen LogP contribution in [0.1, 0.15) is 29.3 Å². The molecule has 8 heteroatoms. The molecule has 7 nitrogen and oxygen atoms in total. The highest BCUT2D eigenvalue weighted by Gasteiger charge is 2.25. The van der Waals surface area contributed by atoms with E-state index in [1.54, 1.807) is 12.1 Å². The molecule has 1 atom stereocenters. The quantitative estimate of drug-likeness (QED) is 0.594. The van der Waals surface area contributed by atoms with Gasteiger partial charge in [0.2, 0.25) is 0 Å². The van der Waals surface area contributed by atoms with E-state index in [4.69, 9.17) is 4.55 Å². The molecule has 0 unspecified atom stereocenters. The number of carboxylic acids is 1. The Morgan fingerprint density at radius 2 is 1.74 bits per heavy atom. The fourth-order valence-corrected chi connectivity index (χ4v) is 3.31. The average molecular weight is 391 g/mol. The zero-order valence-corrected chi connectivity index (χ0v) is 15.6.